The zero-order chi connectivity index (χ0) is 14.5. The van der Waals surface area contributed by atoms with Gasteiger partial charge in [-0.25, -0.2) is 4.98 Å². The van der Waals surface area contributed by atoms with Crippen molar-refractivity contribution in [1.29, 1.82) is 0 Å². The maximum Gasteiger partial charge on any atom is 0.329 e. The molecule has 3 N–H and O–H groups in total. The Balaban J connectivity index is 2.22. The molecule has 1 aromatic heterocycles. The van der Waals surface area contributed by atoms with Gasteiger partial charge in [0.05, 0.1) is 4.92 Å². The quantitative estimate of drug-likeness (QED) is 0.638. The molecule has 0 amide bonds. The zero-order valence-corrected chi connectivity index (χ0v) is 11.0. The number of nitro groups is 1. The smallest absolute Gasteiger partial charge is 0.329 e. The number of aromatic nitrogens is 2. The third-order valence-electron chi connectivity index (χ3n) is 2.93. The van der Waals surface area contributed by atoms with E-state index in [0.29, 0.717) is 6.54 Å². The molecular formula is C13H15N5O2. The van der Waals surface area contributed by atoms with Gasteiger partial charge in [0.25, 0.3) is 0 Å². The van der Waals surface area contributed by atoms with Crippen LogP contribution in [-0.4, -0.2) is 14.9 Å². The largest absolute Gasteiger partial charge is 0.368 e. The number of aryl methyl sites for hydroxylation is 1. The molecule has 0 saturated heterocycles. The van der Waals surface area contributed by atoms with Gasteiger partial charge < -0.3 is 11.1 Å². The Kier molecular flexibility index (Phi) is 4.09. The molecule has 7 nitrogen and oxygen atoms in total. The highest BCUT2D eigenvalue weighted by molar-refractivity contribution is 5.56. The van der Waals surface area contributed by atoms with E-state index in [0.717, 1.165) is 18.2 Å². The fourth-order valence-corrected chi connectivity index (χ4v) is 1.91. The molecule has 0 spiro atoms. The molecule has 104 valence electrons. The molecule has 0 unspecified atom stereocenters. The molecule has 1 heterocycles. The predicted molar refractivity (Wildman–Crippen MR) is 76.2 cm³/mol. The van der Waals surface area contributed by atoms with Crippen molar-refractivity contribution in [3.63, 3.8) is 0 Å². The summed E-state index contributed by atoms with van der Waals surface area (Å²) < 4.78 is 0. The molecule has 0 bridgehead atoms. The number of hydrogen-bond donors (Lipinski definition) is 2. The second-order valence-corrected chi connectivity index (χ2v) is 4.19. The van der Waals surface area contributed by atoms with Crippen LogP contribution in [0.4, 0.5) is 17.5 Å². The van der Waals surface area contributed by atoms with Gasteiger partial charge in [0.2, 0.25) is 11.8 Å². The van der Waals surface area contributed by atoms with Crippen LogP contribution in [0.2, 0.25) is 0 Å². The fourth-order valence-electron chi connectivity index (χ4n) is 1.91. The summed E-state index contributed by atoms with van der Waals surface area (Å²) in [6, 6.07) is 7.90. The van der Waals surface area contributed by atoms with Crippen molar-refractivity contribution in [3.8, 4) is 0 Å². The number of benzene rings is 1. The Hall–Kier alpha value is -2.70. The first kappa shape index (κ1) is 13.7. The van der Waals surface area contributed by atoms with E-state index in [2.05, 4.69) is 22.2 Å². The van der Waals surface area contributed by atoms with E-state index >= 15 is 0 Å². The van der Waals surface area contributed by atoms with Gasteiger partial charge in [0.15, 0.2) is 0 Å². The van der Waals surface area contributed by atoms with Crippen molar-refractivity contribution >= 4 is 17.5 Å². The van der Waals surface area contributed by atoms with Crippen molar-refractivity contribution in [2.75, 3.05) is 11.1 Å². The van der Waals surface area contributed by atoms with E-state index in [9.17, 15) is 10.1 Å². The minimum Gasteiger partial charge on any atom is -0.368 e. The molecule has 2 aromatic rings. The highest BCUT2D eigenvalue weighted by Gasteiger charge is 2.16. The molecule has 1 aromatic carbocycles. The van der Waals surface area contributed by atoms with Crippen LogP contribution in [0, 0.1) is 10.1 Å². The Morgan fingerprint density at radius 3 is 2.70 bits per heavy atom. The van der Waals surface area contributed by atoms with Crippen molar-refractivity contribution in [1.82, 2.24) is 9.97 Å². The van der Waals surface area contributed by atoms with Gasteiger partial charge in [-0.3, -0.25) is 10.1 Å². The van der Waals surface area contributed by atoms with Gasteiger partial charge in [0, 0.05) is 6.54 Å². The number of nitrogens with two attached hydrogens (primary N) is 1. The summed E-state index contributed by atoms with van der Waals surface area (Å²) in [5.74, 6) is 0.135. The molecule has 0 aliphatic rings. The van der Waals surface area contributed by atoms with Gasteiger partial charge in [-0.2, -0.15) is 4.98 Å². The lowest BCUT2D eigenvalue weighted by molar-refractivity contribution is -0.384. The van der Waals surface area contributed by atoms with Gasteiger partial charge in [-0.1, -0.05) is 31.2 Å². The molecular weight excluding hydrogens is 258 g/mol. The van der Waals surface area contributed by atoms with Gasteiger partial charge in [0.1, 0.15) is 6.20 Å². The van der Waals surface area contributed by atoms with E-state index in [1.807, 2.05) is 24.3 Å². The Bertz CT molecular complexity index is 630. The summed E-state index contributed by atoms with van der Waals surface area (Å²) in [6.07, 6.45) is 2.00. The SMILES string of the molecule is CCc1ccccc1CNc1nc(N)ncc1[N+](=O)[O-]. The van der Waals surface area contributed by atoms with Gasteiger partial charge in [-0.05, 0) is 17.5 Å². The number of rotatable bonds is 5. The lowest BCUT2D eigenvalue weighted by atomic mass is 10.1. The van der Waals surface area contributed by atoms with Crippen LogP contribution >= 0.6 is 0 Å². The second-order valence-electron chi connectivity index (χ2n) is 4.19. The average molecular weight is 273 g/mol. The van der Waals surface area contributed by atoms with E-state index < -0.39 is 4.92 Å². The van der Waals surface area contributed by atoms with Crippen LogP contribution in [0.5, 0.6) is 0 Å². The molecule has 0 fully saturated rings. The van der Waals surface area contributed by atoms with E-state index in [4.69, 9.17) is 5.73 Å². The van der Waals surface area contributed by atoms with Crippen LogP contribution in [0.15, 0.2) is 30.5 Å². The second kappa shape index (κ2) is 5.96. The highest BCUT2D eigenvalue weighted by atomic mass is 16.6. The summed E-state index contributed by atoms with van der Waals surface area (Å²) in [6.45, 7) is 2.51. The Morgan fingerprint density at radius 1 is 1.35 bits per heavy atom. The van der Waals surface area contributed by atoms with Crippen molar-refractivity contribution in [2.24, 2.45) is 0 Å². The Morgan fingerprint density at radius 2 is 2.05 bits per heavy atom. The van der Waals surface area contributed by atoms with Crippen LogP contribution in [0.1, 0.15) is 18.1 Å². The number of hydrogen-bond acceptors (Lipinski definition) is 6. The average Bonchev–Trinajstić information content (AvgIpc) is 2.45. The van der Waals surface area contributed by atoms with E-state index in [1.54, 1.807) is 0 Å². The topological polar surface area (TPSA) is 107 Å². The number of nitrogens with zero attached hydrogens (tertiary/aromatic N) is 3. The molecule has 0 atom stereocenters. The van der Waals surface area contributed by atoms with Crippen LogP contribution in [-0.2, 0) is 13.0 Å². The monoisotopic (exact) mass is 273 g/mol. The molecule has 0 saturated carbocycles. The first-order valence-corrected chi connectivity index (χ1v) is 6.19. The summed E-state index contributed by atoms with van der Waals surface area (Å²) in [5.41, 5.74) is 7.54. The molecule has 0 radical (unpaired) electrons. The predicted octanol–water partition coefficient (Wildman–Crippen LogP) is 2.14. The lowest BCUT2D eigenvalue weighted by Crippen LogP contribution is -2.08. The summed E-state index contributed by atoms with van der Waals surface area (Å²) in [7, 11) is 0. The maximum absolute atomic E-state index is 10.9. The minimum absolute atomic E-state index is 0.00174. The molecule has 0 aliphatic carbocycles. The fraction of sp³-hybridized carbons (Fsp3) is 0.231. The first-order valence-electron chi connectivity index (χ1n) is 6.19. The summed E-state index contributed by atoms with van der Waals surface area (Å²) in [5, 5.41) is 13.9. The molecule has 2 rings (SSSR count). The third kappa shape index (κ3) is 3.00. The minimum atomic E-state index is -0.534. The van der Waals surface area contributed by atoms with Crippen molar-refractivity contribution in [2.45, 2.75) is 19.9 Å². The van der Waals surface area contributed by atoms with Gasteiger partial charge >= 0.3 is 5.69 Å². The number of nitrogen functional groups attached to an aromatic ring is 1. The number of nitrogens with one attached hydrogen (secondary N) is 1. The molecule has 20 heavy (non-hydrogen) atoms. The van der Waals surface area contributed by atoms with Crippen molar-refractivity contribution in [3.05, 3.63) is 51.7 Å². The molecule has 7 heteroatoms. The van der Waals surface area contributed by atoms with Crippen LogP contribution in [0.25, 0.3) is 0 Å². The van der Waals surface area contributed by atoms with Crippen molar-refractivity contribution < 1.29 is 4.92 Å². The number of anilines is 2. The first-order chi connectivity index (χ1) is 9.61. The summed E-state index contributed by atoms with van der Waals surface area (Å²) in [4.78, 5) is 17.9. The summed E-state index contributed by atoms with van der Waals surface area (Å²) >= 11 is 0. The normalized spacial score (nSPS) is 10.2. The van der Waals surface area contributed by atoms with Crippen LogP contribution in [0.3, 0.4) is 0 Å². The standard InChI is InChI=1S/C13H15N5O2/c1-2-9-5-3-4-6-10(9)7-15-12-11(18(19)20)8-16-13(14)17-12/h3-6,8H,2,7H2,1H3,(H3,14,15,16,17). The van der Waals surface area contributed by atoms with Gasteiger partial charge in [-0.15, -0.1) is 0 Å². The zero-order valence-electron chi connectivity index (χ0n) is 11.0. The van der Waals surface area contributed by atoms with E-state index in [1.165, 1.54) is 5.56 Å². The Labute approximate surface area is 116 Å². The maximum atomic E-state index is 10.9. The van der Waals surface area contributed by atoms with Crippen LogP contribution < -0.4 is 11.1 Å². The highest BCUT2D eigenvalue weighted by Crippen LogP contribution is 2.22. The van der Waals surface area contributed by atoms with E-state index in [-0.39, 0.29) is 17.5 Å². The molecule has 0 aliphatic heterocycles. The lowest BCUT2D eigenvalue weighted by Gasteiger charge is -2.10. The third-order valence-corrected chi connectivity index (χ3v) is 2.93.